The van der Waals surface area contributed by atoms with E-state index in [0.717, 1.165) is 31.5 Å². The van der Waals surface area contributed by atoms with Crippen LogP contribution in [0.5, 0.6) is 11.5 Å². The lowest BCUT2D eigenvalue weighted by molar-refractivity contribution is 0.102. The molecule has 0 radical (unpaired) electrons. The number of carbonyl (C=O) groups is 1. The van der Waals surface area contributed by atoms with Gasteiger partial charge in [-0.2, -0.15) is 5.10 Å². The number of phenolic OH excluding ortho intramolecular Hbond substituents is 1. The SMILES string of the molecule is COc1ccc(NC(=O)c2cnn3c2CCCC3)c(O)c1. The molecule has 0 atom stereocenters. The van der Waals surface area contributed by atoms with Gasteiger partial charge in [0.15, 0.2) is 0 Å². The number of nitrogens with one attached hydrogen (secondary N) is 1. The van der Waals surface area contributed by atoms with Gasteiger partial charge in [0.05, 0.1) is 30.3 Å². The van der Waals surface area contributed by atoms with Crippen LogP contribution in [0.4, 0.5) is 5.69 Å². The van der Waals surface area contributed by atoms with Gasteiger partial charge in [-0.25, -0.2) is 0 Å². The van der Waals surface area contributed by atoms with Crippen LogP contribution >= 0.6 is 0 Å². The second-order valence-electron chi connectivity index (χ2n) is 5.02. The predicted molar refractivity (Wildman–Crippen MR) is 77.8 cm³/mol. The van der Waals surface area contributed by atoms with Gasteiger partial charge in [0.25, 0.3) is 5.91 Å². The third-order valence-electron chi connectivity index (χ3n) is 3.68. The summed E-state index contributed by atoms with van der Waals surface area (Å²) < 4.78 is 6.90. The smallest absolute Gasteiger partial charge is 0.259 e. The first-order chi connectivity index (χ1) is 10.2. The molecule has 0 spiro atoms. The number of fused-ring (bicyclic) bond motifs is 1. The molecule has 0 saturated carbocycles. The lowest BCUT2D eigenvalue weighted by Crippen LogP contribution is -2.17. The fraction of sp³-hybridized carbons (Fsp3) is 0.333. The number of nitrogens with zero attached hydrogens (tertiary/aromatic N) is 2. The van der Waals surface area contributed by atoms with Gasteiger partial charge >= 0.3 is 0 Å². The fourth-order valence-corrected chi connectivity index (χ4v) is 2.54. The van der Waals surface area contributed by atoms with Crippen LogP contribution < -0.4 is 10.1 Å². The molecule has 3 rings (SSSR count). The van der Waals surface area contributed by atoms with Crippen LogP contribution in [0.15, 0.2) is 24.4 Å². The topological polar surface area (TPSA) is 76.4 Å². The van der Waals surface area contributed by atoms with Crippen molar-refractivity contribution in [3.8, 4) is 11.5 Å². The highest BCUT2D eigenvalue weighted by molar-refractivity contribution is 6.05. The number of ether oxygens (including phenoxy) is 1. The number of hydrogen-bond acceptors (Lipinski definition) is 4. The van der Waals surface area contributed by atoms with Crippen molar-refractivity contribution in [1.82, 2.24) is 9.78 Å². The number of aromatic nitrogens is 2. The van der Waals surface area contributed by atoms with Crippen molar-refractivity contribution in [2.45, 2.75) is 25.8 Å². The third-order valence-corrected chi connectivity index (χ3v) is 3.68. The molecule has 2 N–H and O–H groups in total. The Morgan fingerprint density at radius 2 is 2.29 bits per heavy atom. The molecule has 1 aromatic heterocycles. The third kappa shape index (κ3) is 2.56. The molecule has 0 unspecified atom stereocenters. The van der Waals surface area contributed by atoms with Crippen molar-refractivity contribution in [2.75, 3.05) is 12.4 Å². The summed E-state index contributed by atoms with van der Waals surface area (Å²) in [7, 11) is 1.52. The minimum absolute atomic E-state index is 0.0243. The zero-order valence-electron chi connectivity index (χ0n) is 11.8. The molecule has 110 valence electrons. The van der Waals surface area contributed by atoms with Crippen molar-refractivity contribution in [2.24, 2.45) is 0 Å². The highest BCUT2D eigenvalue weighted by Gasteiger charge is 2.20. The lowest BCUT2D eigenvalue weighted by atomic mass is 10.1. The van der Waals surface area contributed by atoms with Crippen LogP contribution in [0.2, 0.25) is 0 Å². The van der Waals surface area contributed by atoms with Crippen LogP contribution in [0.3, 0.4) is 0 Å². The highest BCUT2D eigenvalue weighted by Crippen LogP contribution is 2.28. The molecule has 6 nitrogen and oxygen atoms in total. The van der Waals surface area contributed by atoms with Crippen molar-refractivity contribution in [3.63, 3.8) is 0 Å². The van der Waals surface area contributed by atoms with E-state index in [1.165, 1.54) is 13.2 Å². The number of phenols is 1. The van der Waals surface area contributed by atoms with E-state index in [4.69, 9.17) is 4.74 Å². The summed E-state index contributed by atoms with van der Waals surface area (Å²) in [5, 5.41) is 16.9. The normalized spacial score (nSPS) is 13.6. The molecular formula is C15H17N3O3. The van der Waals surface area contributed by atoms with Crippen LogP contribution in [-0.4, -0.2) is 27.9 Å². The number of amides is 1. The molecular weight excluding hydrogens is 270 g/mol. The van der Waals surface area contributed by atoms with Gasteiger partial charge in [0.1, 0.15) is 11.5 Å². The van der Waals surface area contributed by atoms with E-state index in [9.17, 15) is 9.90 Å². The molecule has 1 aliphatic rings. The second-order valence-corrected chi connectivity index (χ2v) is 5.02. The maximum absolute atomic E-state index is 12.3. The molecule has 6 heteroatoms. The highest BCUT2D eigenvalue weighted by atomic mass is 16.5. The largest absolute Gasteiger partial charge is 0.506 e. The molecule has 1 amide bonds. The minimum atomic E-state index is -0.251. The van der Waals surface area contributed by atoms with Crippen molar-refractivity contribution >= 4 is 11.6 Å². The number of anilines is 1. The maximum atomic E-state index is 12.3. The van der Waals surface area contributed by atoms with Crippen molar-refractivity contribution < 1.29 is 14.6 Å². The van der Waals surface area contributed by atoms with E-state index >= 15 is 0 Å². The second kappa shape index (κ2) is 5.47. The van der Waals surface area contributed by atoms with E-state index in [0.29, 0.717) is 17.0 Å². The number of methoxy groups -OCH3 is 1. The Hall–Kier alpha value is -2.50. The van der Waals surface area contributed by atoms with Gasteiger partial charge in [-0.3, -0.25) is 9.48 Å². The molecule has 21 heavy (non-hydrogen) atoms. The zero-order chi connectivity index (χ0) is 14.8. The van der Waals surface area contributed by atoms with Gasteiger partial charge in [0, 0.05) is 12.6 Å². The number of aryl methyl sites for hydroxylation is 1. The molecule has 0 bridgehead atoms. The lowest BCUT2D eigenvalue weighted by Gasteiger charge is -2.14. The van der Waals surface area contributed by atoms with Gasteiger partial charge in [-0.15, -0.1) is 0 Å². The molecule has 1 aliphatic heterocycles. The van der Waals surface area contributed by atoms with Gasteiger partial charge in [-0.05, 0) is 31.4 Å². The number of carbonyl (C=O) groups excluding carboxylic acids is 1. The zero-order valence-corrected chi connectivity index (χ0v) is 11.8. The van der Waals surface area contributed by atoms with E-state index in [1.807, 2.05) is 4.68 Å². The average molecular weight is 287 g/mol. The Morgan fingerprint density at radius 3 is 3.05 bits per heavy atom. The first-order valence-corrected chi connectivity index (χ1v) is 6.92. The van der Waals surface area contributed by atoms with Crippen LogP contribution in [0.25, 0.3) is 0 Å². The van der Waals surface area contributed by atoms with Gasteiger partial charge < -0.3 is 15.2 Å². The average Bonchev–Trinajstić information content (AvgIpc) is 2.93. The Kier molecular flexibility index (Phi) is 3.51. The Labute approximate surface area is 122 Å². The molecule has 0 aliphatic carbocycles. The summed E-state index contributed by atoms with van der Waals surface area (Å²) in [4.78, 5) is 12.3. The summed E-state index contributed by atoms with van der Waals surface area (Å²) in [6.07, 6.45) is 4.61. The number of aromatic hydroxyl groups is 1. The van der Waals surface area contributed by atoms with E-state index in [-0.39, 0.29) is 11.7 Å². The van der Waals surface area contributed by atoms with Gasteiger partial charge in [-0.1, -0.05) is 0 Å². The minimum Gasteiger partial charge on any atom is -0.506 e. The summed E-state index contributed by atoms with van der Waals surface area (Å²) in [6, 6.07) is 4.76. The standard InChI is InChI=1S/C15H17N3O3/c1-21-10-5-6-12(14(19)8-10)17-15(20)11-9-16-18-7-3-2-4-13(11)18/h5-6,8-9,19H,2-4,7H2,1H3,(H,17,20). The summed E-state index contributed by atoms with van der Waals surface area (Å²) >= 11 is 0. The van der Waals surface area contributed by atoms with Crippen LogP contribution in [0, 0.1) is 0 Å². The molecule has 1 aromatic carbocycles. The quantitative estimate of drug-likeness (QED) is 0.848. The van der Waals surface area contributed by atoms with E-state index < -0.39 is 0 Å². The first kappa shape index (κ1) is 13.5. The van der Waals surface area contributed by atoms with E-state index in [2.05, 4.69) is 10.4 Å². The molecule has 2 heterocycles. The monoisotopic (exact) mass is 287 g/mol. The summed E-state index contributed by atoms with van der Waals surface area (Å²) in [5.41, 5.74) is 1.90. The van der Waals surface area contributed by atoms with E-state index in [1.54, 1.807) is 18.3 Å². The predicted octanol–water partition coefficient (Wildman–Crippen LogP) is 2.19. The molecule has 0 fully saturated rings. The first-order valence-electron chi connectivity index (χ1n) is 6.92. The Balaban J connectivity index is 1.82. The van der Waals surface area contributed by atoms with Gasteiger partial charge in [0.2, 0.25) is 0 Å². The fourth-order valence-electron chi connectivity index (χ4n) is 2.54. The number of hydrogen-bond donors (Lipinski definition) is 2. The molecule has 0 saturated heterocycles. The van der Waals surface area contributed by atoms with Crippen molar-refractivity contribution in [1.29, 1.82) is 0 Å². The number of rotatable bonds is 3. The molecule has 2 aromatic rings. The van der Waals surface area contributed by atoms with Crippen molar-refractivity contribution in [3.05, 3.63) is 35.7 Å². The summed E-state index contributed by atoms with van der Waals surface area (Å²) in [6.45, 7) is 0.858. The maximum Gasteiger partial charge on any atom is 0.259 e. The van der Waals surface area contributed by atoms with Crippen LogP contribution in [-0.2, 0) is 13.0 Å². The van der Waals surface area contributed by atoms with Crippen LogP contribution in [0.1, 0.15) is 28.9 Å². The Morgan fingerprint density at radius 1 is 1.43 bits per heavy atom. The summed E-state index contributed by atoms with van der Waals surface area (Å²) in [5.74, 6) is 0.260. The number of benzene rings is 1. The Bertz CT molecular complexity index is 679.